The lowest BCUT2D eigenvalue weighted by Crippen LogP contribution is -1.88. The Balaban J connectivity index is 3.26. The molecule has 0 heterocycles. The van der Waals surface area contributed by atoms with Crippen LogP contribution in [0.4, 0.5) is 4.79 Å². The van der Waals surface area contributed by atoms with Gasteiger partial charge in [-0.15, -0.1) is 0 Å². The van der Waals surface area contributed by atoms with E-state index in [1.165, 1.54) is 6.92 Å². The van der Waals surface area contributed by atoms with E-state index >= 15 is 0 Å². The zero-order valence-electron chi connectivity index (χ0n) is 3.72. The molecule has 0 spiro atoms. The molecule has 0 saturated heterocycles. The van der Waals surface area contributed by atoms with Crippen molar-refractivity contribution in [2.24, 2.45) is 0 Å². The molecule has 0 saturated carbocycles. The van der Waals surface area contributed by atoms with E-state index in [0.717, 1.165) is 0 Å². The quantitative estimate of drug-likeness (QED) is 0.328. The smallest absolute Gasteiger partial charge is 0.338 e. The standard InChI is InChI=1S/C4H3O3/c1-2-3-7-4(5)6/h1H3. The van der Waals surface area contributed by atoms with Gasteiger partial charge in [0.05, 0.1) is 0 Å². The second-order valence-corrected chi connectivity index (χ2v) is 0.704. The van der Waals surface area contributed by atoms with Gasteiger partial charge in [0.2, 0.25) is 0 Å². The molecule has 0 amide bonds. The van der Waals surface area contributed by atoms with Crippen LogP contribution in [-0.2, 0) is 9.84 Å². The van der Waals surface area contributed by atoms with Crippen molar-refractivity contribution >= 4 is 6.16 Å². The highest BCUT2D eigenvalue weighted by Crippen LogP contribution is 1.68. The van der Waals surface area contributed by atoms with Crippen molar-refractivity contribution in [3.8, 4) is 12.0 Å². The van der Waals surface area contributed by atoms with Crippen LogP contribution in [-0.4, -0.2) is 6.16 Å². The van der Waals surface area contributed by atoms with Gasteiger partial charge in [-0.1, -0.05) is 5.92 Å². The Kier molecular flexibility index (Phi) is 2.53. The predicted molar refractivity (Wildman–Crippen MR) is 20.6 cm³/mol. The molecule has 0 aromatic heterocycles. The summed E-state index contributed by atoms with van der Waals surface area (Å²) in [6.45, 7) is 1.46. The number of ether oxygens (including phenoxy) is 1. The first-order chi connectivity index (χ1) is 3.27. The van der Waals surface area contributed by atoms with Crippen LogP contribution in [0, 0.1) is 12.0 Å². The molecular formula is C4H3O3. The Morgan fingerprint density at radius 2 is 2.29 bits per heavy atom. The lowest BCUT2D eigenvalue weighted by Gasteiger charge is -1.73. The van der Waals surface area contributed by atoms with Gasteiger partial charge in [0.25, 0.3) is 0 Å². The van der Waals surface area contributed by atoms with Crippen molar-refractivity contribution in [3.05, 3.63) is 0 Å². The largest absolute Gasteiger partial charge is 0.564 e. The zero-order chi connectivity index (χ0) is 5.70. The Labute approximate surface area is 40.9 Å². The minimum absolute atomic E-state index is 1.46. The summed E-state index contributed by atoms with van der Waals surface area (Å²) in [6.07, 6.45) is 0.219. The van der Waals surface area contributed by atoms with Gasteiger partial charge in [-0.3, -0.25) is 0 Å². The van der Waals surface area contributed by atoms with Crippen LogP contribution in [0.2, 0.25) is 0 Å². The summed E-state index contributed by atoms with van der Waals surface area (Å²) >= 11 is 0. The first kappa shape index (κ1) is 5.83. The van der Waals surface area contributed by atoms with Gasteiger partial charge >= 0.3 is 6.16 Å². The summed E-state index contributed by atoms with van der Waals surface area (Å²) in [7, 11) is 0. The van der Waals surface area contributed by atoms with E-state index in [2.05, 4.69) is 10.7 Å². The van der Waals surface area contributed by atoms with Crippen molar-refractivity contribution in [2.45, 2.75) is 6.92 Å². The zero-order valence-corrected chi connectivity index (χ0v) is 3.72. The average molecular weight is 99.1 g/mol. The molecule has 0 atom stereocenters. The molecule has 3 heteroatoms. The predicted octanol–water partition coefficient (Wildman–Crippen LogP) is 0.534. The molecule has 1 radical (unpaired) electrons. The molecule has 0 aliphatic carbocycles. The first-order valence-corrected chi connectivity index (χ1v) is 1.57. The molecule has 0 N–H and O–H groups in total. The number of hydrogen-bond donors (Lipinski definition) is 0. The molecule has 3 nitrogen and oxygen atoms in total. The number of carbonyl (C=O) groups excluding carboxylic acids is 1. The number of rotatable bonds is 0. The molecule has 0 aromatic carbocycles. The van der Waals surface area contributed by atoms with E-state index < -0.39 is 6.16 Å². The fourth-order valence-electron chi connectivity index (χ4n) is 0.0927. The third-order valence-electron chi connectivity index (χ3n) is 0.236. The molecular weight excluding hydrogens is 96.0 g/mol. The van der Waals surface area contributed by atoms with Gasteiger partial charge in [0.1, 0.15) is 6.11 Å². The summed E-state index contributed by atoms with van der Waals surface area (Å²) in [4.78, 5) is 9.32. The van der Waals surface area contributed by atoms with Gasteiger partial charge in [0, 0.05) is 6.92 Å². The third kappa shape index (κ3) is 4.83. The van der Waals surface area contributed by atoms with Gasteiger partial charge in [-0.25, -0.2) is 0 Å². The third-order valence-corrected chi connectivity index (χ3v) is 0.236. The first-order valence-electron chi connectivity index (χ1n) is 1.57. The maximum Gasteiger partial charge on any atom is 0.564 e. The molecule has 0 rings (SSSR count). The van der Waals surface area contributed by atoms with Crippen molar-refractivity contribution in [1.29, 1.82) is 0 Å². The highest BCUT2D eigenvalue weighted by Gasteiger charge is 1.91. The van der Waals surface area contributed by atoms with Crippen molar-refractivity contribution in [2.75, 3.05) is 0 Å². The molecule has 0 aliphatic heterocycles. The van der Waals surface area contributed by atoms with Crippen LogP contribution in [0.3, 0.4) is 0 Å². The maximum absolute atomic E-state index is 9.32. The van der Waals surface area contributed by atoms with E-state index in [9.17, 15) is 9.90 Å². The fraction of sp³-hybridized carbons (Fsp3) is 0.250. The van der Waals surface area contributed by atoms with E-state index in [1.54, 1.807) is 0 Å². The normalized spacial score (nSPS) is 5.86. The average Bonchev–Trinajstić information content (AvgIpc) is 1.61. The Morgan fingerprint density at radius 1 is 1.71 bits per heavy atom. The molecule has 37 valence electrons. The minimum Gasteiger partial charge on any atom is -0.338 e. The number of hydrogen-bond acceptors (Lipinski definition) is 2. The van der Waals surface area contributed by atoms with Crippen LogP contribution in [0.1, 0.15) is 6.92 Å². The molecule has 0 aliphatic rings. The summed E-state index contributed by atoms with van der Waals surface area (Å²) in [5.74, 6) is 2.21. The lowest BCUT2D eigenvalue weighted by atomic mass is 10.8. The summed E-state index contributed by atoms with van der Waals surface area (Å²) in [6, 6.07) is 0. The molecule has 0 bridgehead atoms. The van der Waals surface area contributed by atoms with Crippen LogP contribution < -0.4 is 0 Å². The highest BCUT2D eigenvalue weighted by molar-refractivity contribution is 5.57. The van der Waals surface area contributed by atoms with Crippen molar-refractivity contribution < 1.29 is 14.6 Å². The van der Waals surface area contributed by atoms with Crippen molar-refractivity contribution in [1.82, 2.24) is 0 Å². The van der Waals surface area contributed by atoms with Gasteiger partial charge in [0.15, 0.2) is 0 Å². The van der Waals surface area contributed by atoms with E-state index in [0.29, 0.717) is 0 Å². The van der Waals surface area contributed by atoms with E-state index in [1.807, 2.05) is 6.11 Å². The SMILES string of the molecule is CC#COC([O])=O. The molecule has 0 unspecified atom stereocenters. The van der Waals surface area contributed by atoms with E-state index in [4.69, 9.17) is 0 Å². The minimum atomic E-state index is -1.62. The van der Waals surface area contributed by atoms with Crippen LogP contribution in [0.25, 0.3) is 0 Å². The van der Waals surface area contributed by atoms with Crippen LogP contribution in [0.5, 0.6) is 0 Å². The molecule has 7 heavy (non-hydrogen) atoms. The van der Waals surface area contributed by atoms with Crippen molar-refractivity contribution in [3.63, 3.8) is 0 Å². The highest BCUT2D eigenvalue weighted by atomic mass is 16.7. The summed E-state index contributed by atoms with van der Waals surface area (Å²) < 4.78 is 3.64. The molecule has 0 fully saturated rings. The van der Waals surface area contributed by atoms with Gasteiger partial charge in [-0.2, -0.15) is 9.90 Å². The van der Waals surface area contributed by atoms with E-state index in [-0.39, 0.29) is 0 Å². The monoisotopic (exact) mass is 99.0 g/mol. The summed E-state index contributed by atoms with van der Waals surface area (Å²) in [5.41, 5.74) is 0. The maximum atomic E-state index is 9.32. The topological polar surface area (TPSA) is 46.2 Å². The Morgan fingerprint density at radius 3 is 2.43 bits per heavy atom. The fourth-order valence-corrected chi connectivity index (χ4v) is 0.0927. The molecule has 0 aromatic rings. The van der Waals surface area contributed by atoms with Crippen LogP contribution >= 0.6 is 0 Å². The van der Waals surface area contributed by atoms with Gasteiger partial charge < -0.3 is 4.74 Å². The Bertz CT molecular complexity index is 117. The Hall–Kier alpha value is -1.17. The van der Waals surface area contributed by atoms with Crippen LogP contribution in [0.15, 0.2) is 0 Å². The number of carbonyl (C=O) groups is 1. The summed E-state index contributed by atoms with van der Waals surface area (Å²) in [5, 5.41) is 9.32. The van der Waals surface area contributed by atoms with Gasteiger partial charge in [-0.05, 0) is 0 Å². The second-order valence-electron chi connectivity index (χ2n) is 0.704. The lowest BCUT2D eigenvalue weighted by molar-refractivity contribution is 0.107. The second kappa shape index (κ2) is 3.04.